The van der Waals surface area contributed by atoms with Crippen LogP contribution in [0.2, 0.25) is 0 Å². The summed E-state index contributed by atoms with van der Waals surface area (Å²) in [5, 5.41) is 2.66. The Hall–Kier alpha value is -2.11. The number of hydrogen-bond donors (Lipinski definition) is 1. The van der Waals surface area contributed by atoms with Crippen LogP contribution in [0.3, 0.4) is 0 Å². The van der Waals surface area contributed by atoms with E-state index in [1.54, 1.807) is 13.1 Å². The molecule has 0 atom stereocenters. The molecular formula is C18H27FN2O3. The molecule has 1 aromatic rings. The van der Waals surface area contributed by atoms with Crippen molar-refractivity contribution in [1.29, 1.82) is 0 Å². The van der Waals surface area contributed by atoms with Crippen molar-refractivity contribution in [3.8, 4) is 5.75 Å². The molecule has 0 spiro atoms. The zero-order chi connectivity index (χ0) is 17.9. The Bertz CT molecular complexity index is 529. The highest BCUT2D eigenvalue weighted by Gasteiger charge is 2.11. The maximum Gasteiger partial charge on any atom is 0.239 e. The van der Waals surface area contributed by atoms with E-state index in [4.69, 9.17) is 4.74 Å². The predicted molar refractivity (Wildman–Crippen MR) is 91.4 cm³/mol. The van der Waals surface area contributed by atoms with Gasteiger partial charge < -0.3 is 15.0 Å². The van der Waals surface area contributed by atoms with Gasteiger partial charge in [-0.2, -0.15) is 0 Å². The van der Waals surface area contributed by atoms with E-state index in [9.17, 15) is 14.0 Å². The number of likely N-dealkylation sites (N-methyl/N-ethyl adjacent to an activating group) is 2. The zero-order valence-corrected chi connectivity index (χ0v) is 14.7. The standard InChI is InChI=1S/C18H27FN2O3/c1-4-20-17(22)13-21(3)18(23)8-6-5-7-9-24-16-11-14(2)10-15(19)12-16/h10-12H,4-9,13H2,1-3H3,(H,20,22). The Morgan fingerprint density at radius 1 is 1.21 bits per heavy atom. The topological polar surface area (TPSA) is 58.6 Å². The third-order valence-corrected chi connectivity index (χ3v) is 3.50. The number of benzene rings is 1. The van der Waals surface area contributed by atoms with E-state index in [2.05, 4.69) is 5.32 Å². The Labute approximate surface area is 143 Å². The van der Waals surface area contributed by atoms with Gasteiger partial charge in [0.25, 0.3) is 0 Å². The van der Waals surface area contributed by atoms with E-state index in [1.807, 2.05) is 13.8 Å². The highest BCUT2D eigenvalue weighted by atomic mass is 19.1. The fourth-order valence-corrected chi connectivity index (χ4v) is 2.28. The summed E-state index contributed by atoms with van der Waals surface area (Å²) in [6.45, 7) is 4.80. The lowest BCUT2D eigenvalue weighted by atomic mass is 10.2. The molecule has 6 heteroatoms. The molecule has 0 radical (unpaired) electrons. The number of nitrogens with one attached hydrogen (secondary N) is 1. The molecule has 0 saturated heterocycles. The smallest absolute Gasteiger partial charge is 0.239 e. The lowest BCUT2D eigenvalue weighted by Gasteiger charge is -2.16. The van der Waals surface area contributed by atoms with E-state index >= 15 is 0 Å². The number of carbonyl (C=O) groups excluding carboxylic acids is 2. The number of hydrogen-bond acceptors (Lipinski definition) is 3. The predicted octanol–water partition coefficient (Wildman–Crippen LogP) is 2.67. The largest absolute Gasteiger partial charge is 0.493 e. The zero-order valence-electron chi connectivity index (χ0n) is 14.7. The van der Waals surface area contributed by atoms with Gasteiger partial charge in [-0.25, -0.2) is 4.39 Å². The van der Waals surface area contributed by atoms with Crippen molar-refractivity contribution in [1.82, 2.24) is 10.2 Å². The van der Waals surface area contributed by atoms with Crippen LogP contribution in [0, 0.1) is 12.7 Å². The first-order valence-electron chi connectivity index (χ1n) is 8.33. The molecule has 0 aliphatic rings. The summed E-state index contributed by atoms with van der Waals surface area (Å²) in [4.78, 5) is 24.7. The molecule has 0 saturated carbocycles. The molecule has 0 fully saturated rings. The van der Waals surface area contributed by atoms with Gasteiger partial charge in [-0.05, 0) is 50.8 Å². The molecule has 1 rings (SSSR count). The Morgan fingerprint density at radius 2 is 1.96 bits per heavy atom. The number of nitrogens with zero attached hydrogens (tertiary/aromatic N) is 1. The van der Waals surface area contributed by atoms with E-state index < -0.39 is 0 Å². The molecule has 5 nitrogen and oxygen atoms in total. The van der Waals surface area contributed by atoms with Crippen LogP contribution in [0.15, 0.2) is 18.2 Å². The highest BCUT2D eigenvalue weighted by Crippen LogP contribution is 2.16. The Morgan fingerprint density at radius 3 is 2.62 bits per heavy atom. The first-order valence-corrected chi connectivity index (χ1v) is 8.33. The quantitative estimate of drug-likeness (QED) is 0.667. The fourth-order valence-electron chi connectivity index (χ4n) is 2.28. The summed E-state index contributed by atoms with van der Waals surface area (Å²) in [7, 11) is 1.63. The van der Waals surface area contributed by atoms with E-state index in [0.29, 0.717) is 25.3 Å². The molecule has 0 aliphatic carbocycles. The number of unbranched alkanes of at least 4 members (excludes halogenated alkanes) is 2. The SMILES string of the molecule is CCNC(=O)CN(C)C(=O)CCCCCOc1cc(C)cc(F)c1. The second kappa shape index (κ2) is 10.6. The second-order valence-electron chi connectivity index (χ2n) is 5.83. The first kappa shape index (κ1) is 19.9. The Balaban J connectivity index is 2.15. The van der Waals surface area contributed by atoms with Crippen molar-refractivity contribution in [2.45, 2.75) is 39.5 Å². The van der Waals surface area contributed by atoms with Gasteiger partial charge in [0.05, 0.1) is 13.2 Å². The normalized spacial score (nSPS) is 10.3. The molecule has 0 heterocycles. The minimum Gasteiger partial charge on any atom is -0.493 e. The molecule has 24 heavy (non-hydrogen) atoms. The van der Waals surface area contributed by atoms with Crippen molar-refractivity contribution in [2.24, 2.45) is 0 Å². The van der Waals surface area contributed by atoms with Crippen molar-refractivity contribution in [2.75, 3.05) is 26.7 Å². The number of aryl methyl sites for hydroxylation is 1. The van der Waals surface area contributed by atoms with Crippen molar-refractivity contribution in [3.63, 3.8) is 0 Å². The van der Waals surface area contributed by atoms with Gasteiger partial charge in [0.15, 0.2) is 0 Å². The number of halogens is 1. The molecule has 1 aromatic carbocycles. The summed E-state index contributed by atoms with van der Waals surface area (Å²) >= 11 is 0. The van der Waals surface area contributed by atoms with Crippen LogP contribution in [0.1, 0.15) is 38.2 Å². The molecule has 0 bridgehead atoms. The van der Waals surface area contributed by atoms with Crippen LogP contribution < -0.4 is 10.1 Å². The van der Waals surface area contributed by atoms with Crippen molar-refractivity contribution < 1.29 is 18.7 Å². The summed E-state index contributed by atoms with van der Waals surface area (Å²) < 4.78 is 18.7. The van der Waals surface area contributed by atoms with Crippen LogP contribution in [0.4, 0.5) is 4.39 Å². The number of amides is 2. The van der Waals surface area contributed by atoms with E-state index in [0.717, 1.165) is 24.8 Å². The lowest BCUT2D eigenvalue weighted by Crippen LogP contribution is -2.38. The average molecular weight is 338 g/mol. The van der Waals surface area contributed by atoms with Gasteiger partial charge in [0.1, 0.15) is 11.6 Å². The van der Waals surface area contributed by atoms with Crippen LogP contribution >= 0.6 is 0 Å². The maximum atomic E-state index is 13.2. The monoisotopic (exact) mass is 338 g/mol. The van der Waals surface area contributed by atoms with Gasteiger partial charge in [-0.3, -0.25) is 9.59 Å². The van der Waals surface area contributed by atoms with Gasteiger partial charge in [0.2, 0.25) is 11.8 Å². The Kier molecular flexibility index (Phi) is 8.83. The van der Waals surface area contributed by atoms with E-state index in [1.165, 1.54) is 17.0 Å². The summed E-state index contributed by atoms with van der Waals surface area (Å²) in [6.07, 6.45) is 2.79. The molecule has 134 valence electrons. The molecule has 0 unspecified atom stereocenters. The first-order chi connectivity index (χ1) is 11.4. The van der Waals surface area contributed by atoms with Crippen molar-refractivity contribution >= 4 is 11.8 Å². The summed E-state index contributed by atoms with van der Waals surface area (Å²) in [6, 6.07) is 4.62. The summed E-state index contributed by atoms with van der Waals surface area (Å²) in [5.74, 6) is 0.0473. The van der Waals surface area contributed by atoms with E-state index in [-0.39, 0.29) is 24.2 Å². The second-order valence-corrected chi connectivity index (χ2v) is 5.83. The fraction of sp³-hybridized carbons (Fsp3) is 0.556. The molecule has 1 N–H and O–H groups in total. The van der Waals surface area contributed by atoms with Gasteiger partial charge >= 0.3 is 0 Å². The molecule has 0 aromatic heterocycles. The van der Waals surface area contributed by atoms with Crippen LogP contribution in [-0.4, -0.2) is 43.5 Å². The minimum absolute atomic E-state index is 0.0390. The van der Waals surface area contributed by atoms with Crippen molar-refractivity contribution in [3.05, 3.63) is 29.6 Å². The van der Waals surface area contributed by atoms with Crippen LogP contribution in [0.5, 0.6) is 5.75 Å². The number of rotatable bonds is 10. The molecule has 2 amide bonds. The third kappa shape index (κ3) is 7.94. The average Bonchev–Trinajstić information content (AvgIpc) is 2.49. The number of carbonyl (C=O) groups is 2. The number of ether oxygens (including phenoxy) is 1. The van der Waals surface area contributed by atoms with Gasteiger partial charge in [-0.15, -0.1) is 0 Å². The highest BCUT2D eigenvalue weighted by molar-refractivity contribution is 5.84. The molecular weight excluding hydrogens is 311 g/mol. The molecule has 0 aliphatic heterocycles. The lowest BCUT2D eigenvalue weighted by molar-refractivity contribution is -0.134. The minimum atomic E-state index is -0.300. The van der Waals surface area contributed by atoms with Crippen LogP contribution in [-0.2, 0) is 9.59 Å². The van der Waals surface area contributed by atoms with Crippen LogP contribution in [0.25, 0.3) is 0 Å². The third-order valence-electron chi connectivity index (χ3n) is 3.50. The maximum absolute atomic E-state index is 13.2. The van der Waals surface area contributed by atoms with Gasteiger partial charge in [0, 0.05) is 26.1 Å². The summed E-state index contributed by atoms with van der Waals surface area (Å²) in [5.41, 5.74) is 0.825. The van der Waals surface area contributed by atoms with Gasteiger partial charge in [-0.1, -0.05) is 0 Å².